The van der Waals surface area contributed by atoms with Crippen molar-refractivity contribution in [2.24, 2.45) is 10.9 Å². The molecule has 2 aliphatic rings. The Morgan fingerprint density at radius 2 is 2.04 bits per heavy atom. The lowest BCUT2D eigenvalue weighted by molar-refractivity contribution is -0.0284. The van der Waals surface area contributed by atoms with Gasteiger partial charge in [-0.1, -0.05) is 44.2 Å². The van der Waals surface area contributed by atoms with Crippen molar-refractivity contribution in [2.45, 2.75) is 38.2 Å². The van der Waals surface area contributed by atoms with Crippen LogP contribution in [0, 0.1) is 5.92 Å². The summed E-state index contributed by atoms with van der Waals surface area (Å²) in [5, 5.41) is 6.98. The van der Waals surface area contributed by atoms with Crippen molar-refractivity contribution in [1.29, 1.82) is 0 Å². The first-order valence-electron chi connectivity index (χ1n) is 9.95. The van der Waals surface area contributed by atoms with Gasteiger partial charge in [0.25, 0.3) is 0 Å². The molecule has 1 atom stereocenters. The molecule has 144 valence electrons. The molecule has 0 amide bonds. The fourth-order valence-electron chi connectivity index (χ4n) is 3.78. The highest BCUT2D eigenvalue weighted by molar-refractivity contribution is 5.79. The van der Waals surface area contributed by atoms with Gasteiger partial charge in [-0.3, -0.25) is 9.89 Å². The molecule has 3 rings (SSSR count). The predicted molar refractivity (Wildman–Crippen MR) is 108 cm³/mol. The summed E-state index contributed by atoms with van der Waals surface area (Å²) in [4.78, 5) is 6.89. The van der Waals surface area contributed by atoms with Crippen molar-refractivity contribution in [3.63, 3.8) is 0 Å². The van der Waals surface area contributed by atoms with E-state index in [0.717, 1.165) is 45.3 Å². The Hall–Kier alpha value is -1.59. The van der Waals surface area contributed by atoms with Crippen LogP contribution in [-0.4, -0.2) is 63.3 Å². The number of nitrogens with zero attached hydrogens (tertiary/aromatic N) is 2. The first-order valence-corrected chi connectivity index (χ1v) is 9.95. The zero-order valence-electron chi connectivity index (χ0n) is 16.5. The van der Waals surface area contributed by atoms with Crippen LogP contribution in [0.25, 0.3) is 0 Å². The first-order chi connectivity index (χ1) is 12.6. The Balaban J connectivity index is 1.44. The van der Waals surface area contributed by atoms with Gasteiger partial charge in [-0.05, 0) is 24.3 Å². The summed E-state index contributed by atoms with van der Waals surface area (Å²) in [6, 6.07) is 10.8. The van der Waals surface area contributed by atoms with E-state index in [1.807, 2.05) is 7.05 Å². The highest BCUT2D eigenvalue weighted by Crippen LogP contribution is 2.47. The highest BCUT2D eigenvalue weighted by Gasteiger charge is 2.44. The molecule has 0 spiro atoms. The van der Waals surface area contributed by atoms with Crippen LogP contribution in [0.2, 0.25) is 0 Å². The lowest BCUT2D eigenvalue weighted by Crippen LogP contribution is -2.50. The van der Waals surface area contributed by atoms with Crippen molar-refractivity contribution in [1.82, 2.24) is 15.5 Å². The average molecular weight is 359 g/mol. The third-order valence-corrected chi connectivity index (χ3v) is 5.40. The molecule has 1 aromatic rings. The van der Waals surface area contributed by atoms with Gasteiger partial charge in [-0.25, -0.2) is 0 Å². The standard InChI is InChI=1S/C21H34N4O/c1-17(2)14-25-11-12-26-19(15-25)13-23-20(22-3)24-16-21(9-10-21)18-7-5-4-6-8-18/h4-8,17,19H,9-16H2,1-3H3,(H2,22,23,24). The first kappa shape index (κ1) is 19.2. The van der Waals surface area contributed by atoms with E-state index in [0.29, 0.717) is 5.92 Å². The Labute approximate surface area is 158 Å². The molecule has 26 heavy (non-hydrogen) atoms. The van der Waals surface area contributed by atoms with E-state index < -0.39 is 0 Å². The molecule has 2 N–H and O–H groups in total. The maximum atomic E-state index is 5.92. The molecule has 1 unspecified atom stereocenters. The van der Waals surface area contributed by atoms with Gasteiger partial charge in [-0.15, -0.1) is 0 Å². The second-order valence-electron chi connectivity index (χ2n) is 8.10. The molecular weight excluding hydrogens is 324 g/mol. The molecule has 0 bridgehead atoms. The molecule has 5 nitrogen and oxygen atoms in total. The molecule has 5 heteroatoms. The zero-order valence-corrected chi connectivity index (χ0v) is 16.5. The van der Waals surface area contributed by atoms with Crippen LogP contribution in [0.1, 0.15) is 32.3 Å². The van der Waals surface area contributed by atoms with Gasteiger partial charge >= 0.3 is 0 Å². The van der Waals surface area contributed by atoms with E-state index >= 15 is 0 Å². The molecule has 1 saturated heterocycles. The monoisotopic (exact) mass is 358 g/mol. The lowest BCUT2D eigenvalue weighted by atomic mass is 9.96. The Kier molecular flexibility index (Phi) is 6.54. The van der Waals surface area contributed by atoms with Crippen molar-refractivity contribution in [3.05, 3.63) is 35.9 Å². The third kappa shape index (κ3) is 5.21. The van der Waals surface area contributed by atoms with Crippen molar-refractivity contribution >= 4 is 5.96 Å². The number of aliphatic imine (C=N–C) groups is 1. The van der Waals surface area contributed by atoms with E-state index in [4.69, 9.17) is 4.74 Å². The summed E-state index contributed by atoms with van der Waals surface area (Å²) in [5.41, 5.74) is 1.72. The van der Waals surface area contributed by atoms with Gasteiger partial charge in [0, 0.05) is 45.2 Å². The van der Waals surface area contributed by atoms with E-state index in [1.165, 1.54) is 18.4 Å². The number of benzene rings is 1. The normalized spacial score (nSPS) is 23.1. The number of nitrogens with one attached hydrogen (secondary N) is 2. The summed E-state index contributed by atoms with van der Waals surface area (Å²) < 4.78 is 5.92. The number of guanidine groups is 1. The molecule has 0 aromatic heterocycles. The third-order valence-electron chi connectivity index (χ3n) is 5.40. The minimum Gasteiger partial charge on any atom is -0.374 e. The minimum absolute atomic E-state index is 0.227. The summed E-state index contributed by atoms with van der Waals surface area (Å²) >= 11 is 0. The van der Waals surface area contributed by atoms with Gasteiger partial charge in [0.15, 0.2) is 5.96 Å². The van der Waals surface area contributed by atoms with Crippen LogP contribution in [0.3, 0.4) is 0 Å². The molecule has 2 fully saturated rings. The number of ether oxygens (including phenoxy) is 1. The minimum atomic E-state index is 0.227. The number of morpholine rings is 1. The van der Waals surface area contributed by atoms with Crippen LogP contribution >= 0.6 is 0 Å². The van der Waals surface area contributed by atoms with Crippen molar-refractivity contribution < 1.29 is 4.74 Å². The molecule has 1 aliphatic heterocycles. The van der Waals surface area contributed by atoms with Crippen molar-refractivity contribution in [3.8, 4) is 0 Å². The van der Waals surface area contributed by atoms with Gasteiger partial charge < -0.3 is 15.4 Å². The van der Waals surface area contributed by atoms with Gasteiger partial charge in [0.05, 0.1) is 12.7 Å². The Morgan fingerprint density at radius 3 is 2.69 bits per heavy atom. The summed E-state index contributed by atoms with van der Waals surface area (Å²) in [6.45, 7) is 10.3. The van der Waals surface area contributed by atoms with Gasteiger partial charge in [0.1, 0.15) is 0 Å². The SMILES string of the molecule is CN=C(NCC1CN(CC(C)C)CCO1)NCC1(c2ccccc2)CC1. The van der Waals surface area contributed by atoms with Gasteiger partial charge in [0.2, 0.25) is 0 Å². The fraction of sp³-hybridized carbons (Fsp3) is 0.667. The summed E-state index contributed by atoms with van der Waals surface area (Å²) in [5.74, 6) is 1.57. The maximum Gasteiger partial charge on any atom is 0.191 e. The predicted octanol–water partition coefficient (Wildman–Crippen LogP) is 2.24. The summed E-state index contributed by atoms with van der Waals surface area (Å²) in [7, 11) is 1.84. The second kappa shape index (κ2) is 8.87. The second-order valence-corrected chi connectivity index (χ2v) is 8.10. The van der Waals surface area contributed by atoms with Crippen LogP contribution in [0.4, 0.5) is 0 Å². The van der Waals surface area contributed by atoms with E-state index in [9.17, 15) is 0 Å². The Morgan fingerprint density at radius 1 is 1.27 bits per heavy atom. The number of hydrogen-bond donors (Lipinski definition) is 2. The quantitative estimate of drug-likeness (QED) is 0.580. The van der Waals surface area contributed by atoms with Gasteiger partial charge in [-0.2, -0.15) is 0 Å². The molecule has 1 aliphatic carbocycles. The number of rotatable bonds is 7. The molecule has 0 radical (unpaired) electrons. The number of hydrogen-bond acceptors (Lipinski definition) is 3. The zero-order chi connectivity index (χ0) is 18.4. The highest BCUT2D eigenvalue weighted by atomic mass is 16.5. The molecule has 1 saturated carbocycles. The summed E-state index contributed by atoms with van der Waals surface area (Å²) in [6.07, 6.45) is 2.72. The Bertz CT molecular complexity index is 583. The fourth-order valence-corrected chi connectivity index (χ4v) is 3.78. The molecule has 1 aromatic carbocycles. The molecular formula is C21H34N4O. The smallest absolute Gasteiger partial charge is 0.191 e. The van der Waals surface area contributed by atoms with Crippen LogP contribution in [-0.2, 0) is 10.2 Å². The van der Waals surface area contributed by atoms with E-state index in [2.05, 4.69) is 64.7 Å². The lowest BCUT2D eigenvalue weighted by Gasteiger charge is -2.34. The molecule has 1 heterocycles. The average Bonchev–Trinajstić information content (AvgIpc) is 3.44. The maximum absolute atomic E-state index is 5.92. The van der Waals surface area contributed by atoms with Crippen LogP contribution < -0.4 is 10.6 Å². The topological polar surface area (TPSA) is 48.9 Å². The largest absolute Gasteiger partial charge is 0.374 e. The van der Waals surface area contributed by atoms with Crippen LogP contribution in [0.15, 0.2) is 35.3 Å². The van der Waals surface area contributed by atoms with E-state index in [-0.39, 0.29) is 11.5 Å². The van der Waals surface area contributed by atoms with Crippen LogP contribution in [0.5, 0.6) is 0 Å². The van der Waals surface area contributed by atoms with Crippen molar-refractivity contribution in [2.75, 3.05) is 46.4 Å². The van der Waals surface area contributed by atoms with E-state index in [1.54, 1.807) is 0 Å².